The Labute approximate surface area is 248 Å². The van der Waals surface area contributed by atoms with Gasteiger partial charge >= 0.3 is 5.97 Å². The molecule has 0 unspecified atom stereocenters. The van der Waals surface area contributed by atoms with Gasteiger partial charge in [-0.05, 0) is 18.9 Å². The molecule has 0 aliphatic heterocycles. The Balaban J connectivity index is 2.39. The van der Waals surface area contributed by atoms with Gasteiger partial charge in [-0.15, -0.1) is 0 Å². The van der Waals surface area contributed by atoms with Crippen LogP contribution >= 0.6 is 0 Å². The van der Waals surface area contributed by atoms with E-state index in [2.05, 4.69) is 17.0 Å². The van der Waals surface area contributed by atoms with Crippen molar-refractivity contribution in [1.82, 2.24) is 5.32 Å². The van der Waals surface area contributed by atoms with Gasteiger partial charge < -0.3 is 14.8 Å². The third-order valence-electron chi connectivity index (χ3n) is 7.48. The SMILES string of the molecule is CCCCCCCCCCCCCCCC(=O)C[C@H](COCc1ccccc1)C(=O)N[C@H](C)C(=O)CCC(=O)OC. The van der Waals surface area contributed by atoms with Crippen LogP contribution in [0, 0.1) is 5.92 Å². The minimum Gasteiger partial charge on any atom is -0.469 e. The molecule has 0 fully saturated rings. The number of benzene rings is 1. The van der Waals surface area contributed by atoms with Crippen molar-refractivity contribution in [3.8, 4) is 0 Å². The molecule has 1 amide bonds. The van der Waals surface area contributed by atoms with Crippen LogP contribution in [0.15, 0.2) is 30.3 Å². The Morgan fingerprint density at radius 2 is 1.32 bits per heavy atom. The zero-order chi connectivity index (χ0) is 30.1. The Bertz CT molecular complexity index is 856. The normalized spacial score (nSPS) is 12.5. The maximum absolute atomic E-state index is 13.0. The van der Waals surface area contributed by atoms with Gasteiger partial charge in [0.2, 0.25) is 5.91 Å². The molecule has 1 N–H and O–H groups in total. The first kappa shape index (κ1) is 36.5. The van der Waals surface area contributed by atoms with Gasteiger partial charge in [0, 0.05) is 19.3 Å². The van der Waals surface area contributed by atoms with Gasteiger partial charge in [-0.3, -0.25) is 19.2 Å². The summed E-state index contributed by atoms with van der Waals surface area (Å²) in [5.41, 5.74) is 0.983. The van der Waals surface area contributed by atoms with Gasteiger partial charge in [0.05, 0.1) is 38.7 Å². The van der Waals surface area contributed by atoms with E-state index in [0.717, 1.165) is 24.8 Å². The van der Waals surface area contributed by atoms with Gasteiger partial charge in [0.1, 0.15) is 5.78 Å². The summed E-state index contributed by atoms with van der Waals surface area (Å²) in [6, 6.07) is 8.88. The fourth-order valence-electron chi connectivity index (χ4n) is 4.79. The number of carbonyl (C=O) groups is 4. The molecule has 232 valence electrons. The molecule has 0 heterocycles. The average molecular weight is 574 g/mol. The smallest absolute Gasteiger partial charge is 0.305 e. The standard InChI is InChI=1S/C34H55NO6/c1-4-5-6-7-8-9-10-11-12-13-14-15-19-22-31(36)25-30(27-41-26-29-20-17-16-18-21-29)34(39)35-28(2)32(37)23-24-33(38)40-3/h16-18,20-21,28,30H,4-15,19,22-27H2,1-3H3,(H,35,39)/t28-,30-/m1/s1. The predicted octanol–water partition coefficient (Wildman–Crippen LogP) is 7.29. The highest BCUT2D eigenvalue weighted by molar-refractivity contribution is 5.92. The molecule has 7 heteroatoms. The summed E-state index contributed by atoms with van der Waals surface area (Å²) in [7, 11) is 1.27. The van der Waals surface area contributed by atoms with Crippen molar-refractivity contribution in [1.29, 1.82) is 0 Å². The second kappa shape index (κ2) is 24.1. The summed E-state index contributed by atoms with van der Waals surface area (Å²) in [6.07, 6.45) is 16.7. The monoisotopic (exact) mass is 573 g/mol. The van der Waals surface area contributed by atoms with E-state index < -0.39 is 17.9 Å². The molecule has 1 aromatic rings. The first-order chi connectivity index (χ1) is 19.9. The summed E-state index contributed by atoms with van der Waals surface area (Å²) < 4.78 is 10.4. The van der Waals surface area contributed by atoms with E-state index in [1.165, 1.54) is 71.3 Å². The number of esters is 1. The molecule has 1 aromatic carbocycles. The lowest BCUT2D eigenvalue weighted by atomic mass is 9.97. The summed E-state index contributed by atoms with van der Waals surface area (Å²) in [5.74, 6) is -1.74. The minimum atomic E-state index is -0.764. The number of unbranched alkanes of at least 4 members (excludes halogenated alkanes) is 12. The molecule has 7 nitrogen and oxygen atoms in total. The summed E-state index contributed by atoms with van der Waals surface area (Å²) >= 11 is 0. The summed E-state index contributed by atoms with van der Waals surface area (Å²) in [4.78, 5) is 49.5. The molecule has 0 aliphatic rings. The summed E-state index contributed by atoms with van der Waals surface area (Å²) in [6.45, 7) is 4.27. The molecule has 0 saturated carbocycles. The predicted molar refractivity (Wildman–Crippen MR) is 163 cm³/mol. The lowest BCUT2D eigenvalue weighted by Gasteiger charge is -2.20. The van der Waals surface area contributed by atoms with Crippen molar-refractivity contribution in [3.05, 3.63) is 35.9 Å². The minimum absolute atomic E-state index is 0.0126. The number of carbonyl (C=O) groups excluding carboxylic acids is 4. The maximum Gasteiger partial charge on any atom is 0.305 e. The number of Topliss-reactive ketones (excluding diaryl/α,β-unsaturated/α-hetero) is 2. The fourth-order valence-corrected chi connectivity index (χ4v) is 4.79. The average Bonchev–Trinajstić information content (AvgIpc) is 2.97. The highest BCUT2D eigenvalue weighted by Crippen LogP contribution is 2.15. The van der Waals surface area contributed by atoms with E-state index in [4.69, 9.17) is 4.74 Å². The highest BCUT2D eigenvalue weighted by Gasteiger charge is 2.25. The second-order valence-corrected chi connectivity index (χ2v) is 11.2. The second-order valence-electron chi connectivity index (χ2n) is 11.2. The van der Waals surface area contributed by atoms with E-state index in [1.807, 2.05) is 30.3 Å². The summed E-state index contributed by atoms with van der Waals surface area (Å²) in [5, 5.41) is 2.72. The first-order valence-corrected chi connectivity index (χ1v) is 15.9. The van der Waals surface area contributed by atoms with E-state index in [1.54, 1.807) is 6.92 Å². The third kappa shape index (κ3) is 19.3. The Hall–Kier alpha value is -2.54. The van der Waals surface area contributed by atoms with Crippen LogP contribution in [0.1, 0.15) is 129 Å². The van der Waals surface area contributed by atoms with Crippen LogP contribution in [-0.4, -0.2) is 43.2 Å². The van der Waals surface area contributed by atoms with Crippen molar-refractivity contribution < 1.29 is 28.7 Å². The molecule has 2 atom stereocenters. The van der Waals surface area contributed by atoms with Gasteiger partial charge in [-0.25, -0.2) is 0 Å². The number of rotatable bonds is 26. The lowest BCUT2D eigenvalue weighted by molar-refractivity contribution is -0.142. The van der Waals surface area contributed by atoms with Crippen LogP contribution in [-0.2, 0) is 35.3 Å². The first-order valence-electron chi connectivity index (χ1n) is 15.9. The van der Waals surface area contributed by atoms with Crippen LogP contribution in [0.2, 0.25) is 0 Å². The molecule has 0 radical (unpaired) electrons. The quantitative estimate of drug-likeness (QED) is 0.0923. The number of methoxy groups -OCH3 is 1. The molecule has 0 aliphatic carbocycles. The van der Waals surface area contributed by atoms with E-state index in [0.29, 0.717) is 13.0 Å². The van der Waals surface area contributed by atoms with E-state index in [9.17, 15) is 19.2 Å². The number of ether oxygens (including phenoxy) is 2. The van der Waals surface area contributed by atoms with Crippen LogP contribution in [0.25, 0.3) is 0 Å². The van der Waals surface area contributed by atoms with Crippen LogP contribution in [0.5, 0.6) is 0 Å². The third-order valence-corrected chi connectivity index (χ3v) is 7.48. The topological polar surface area (TPSA) is 98.8 Å². The fraction of sp³-hybridized carbons (Fsp3) is 0.706. The Kier molecular flexibility index (Phi) is 21.4. The van der Waals surface area contributed by atoms with Gasteiger partial charge in [-0.1, -0.05) is 114 Å². The Morgan fingerprint density at radius 1 is 0.756 bits per heavy atom. The van der Waals surface area contributed by atoms with Crippen LogP contribution < -0.4 is 5.32 Å². The van der Waals surface area contributed by atoms with Gasteiger partial charge in [0.15, 0.2) is 5.78 Å². The van der Waals surface area contributed by atoms with Crippen molar-refractivity contribution in [2.45, 2.75) is 136 Å². The molecule has 1 rings (SSSR count). The van der Waals surface area contributed by atoms with Crippen molar-refractivity contribution in [2.75, 3.05) is 13.7 Å². The number of hydrogen-bond acceptors (Lipinski definition) is 6. The maximum atomic E-state index is 13.0. The van der Waals surface area contributed by atoms with Crippen molar-refractivity contribution in [3.63, 3.8) is 0 Å². The number of ketones is 2. The molecule has 41 heavy (non-hydrogen) atoms. The highest BCUT2D eigenvalue weighted by atomic mass is 16.5. The van der Waals surface area contributed by atoms with Crippen molar-refractivity contribution >= 4 is 23.4 Å². The van der Waals surface area contributed by atoms with Crippen LogP contribution in [0.3, 0.4) is 0 Å². The number of hydrogen-bond donors (Lipinski definition) is 1. The lowest BCUT2D eigenvalue weighted by Crippen LogP contribution is -2.43. The van der Waals surface area contributed by atoms with Crippen molar-refractivity contribution in [2.24, 2.45) is 5.92 Å². The van der Waals surface area contributed by atoms with Crippen LogP contribution in [0.4, 0.5) is 0 Å². The zero-order valence-electron chi connectivity index (χ0n) is 25.9. The van der Waals surface area contributed by atoms with Gasteiger partial charge in [-0.2, -0.15) is 0 Å². The Morgan fingerprint density at radius 3 is 1.88 bits per heavy atom. The zero-order valence-corrected chi connectivity index (χ0v) is 25.9. The molecular weight excluding hydrogens is 518 g/mol. The van der Waals surface area contributed by atoms with Gasteiger partial charge in [0.25, 0.3) is 0 Å². The van der Waals surface area contributed by atoms with E-state index >= 15 is 0 Å². The molecular formula is C34H55NO6. The molecule has 0 bridgehead atoms. The number of nitrogens with one attached hydrogen (secondary N) is 1. The largest absolute Gasteiger partial charge is 0.469 e. The molecule has 0 spiro atoms. The van der Waals surface area contributed by atoms with E-state index in [-0.39, 0.29) is 43.3 Å². The number of amides is 1. The molecule has 0 aromatic heterocycles. The molecule has 0 saturated heterocycles.